The Morgan fingerprint density at radius 3 is 2.75 bits per heavy atom. The van der Waals surface area contributed by atoms with Crippen molar-refractivity contribution in [3.63, 3.8) is 0 Å². The first kappa shape index (κ1) is 13.5. The molecule has 1 atom stereocenters. The fourth-order valence-electron chi connectivity index (χ4n) is 1.54. The zero-order valence-corrected chi connectivity index (χ0v) is 11.1. The van der Waals surface area contributed by atoms with Crippen LogP contribution >= 0.6 is 11.6 Å². The Kier molecular flexibility index (Phi) is 5.25. The van der Waals surface area contributed by atoms with Crippen molar-refractivity contribution in [2.75, 3.05) is 13.6 Å². The summed E-state index contributed by atoms with van der Waals surface area (Å²) in [5, 5.41) is 8.15. The number of rotatable bonds is 6. The van der Waals surface area contributed by atoms with Crippen LogP contribution in [0.1, 0.15) is 25.2 Å². The van der Waals surface area contributed by atoms with Crippen LogP contribution in [0.25, 0.3) is 0 Å². The highest BCUT2D eigenvalue weighted by Gasteiger charge is 2.13. The lowest BCUT2D eigenvalue weighted by Crippen LogP contribution is -2.23. The number of nitrogens with zero attached hydrogens (tertiary/aromatic N) is 2. The van der Waals surface area contributed by atoms with Gasteiger partial charge in [-0.05, 0) is 20.4 Å². The molecule has 0 aliphatic rings. The molecule has 0 fully saturated rings. The number of aryl methyl sites for hydroxylation is 2. The van der Waals surface area contributed by atoms with Crippen molar-refractivity contribution >= 4 is 11.6 Å². The largest absolute Gasteiger partial charge is 0.371 e. The maximum atomic E-state index is 6.21. The van der Waals surface area contributed by atoms with Gasteiger partial charge in [0.15, 0.2) is 0 Å². The van der Waals surface area contributed by atoms with E-state index in [4.69, 9.17) is 16.3 Å². The van der Waals surface area contributed by atoms with Crippen LogP contribution < -0.4 is 5.32 Å². The Morgan fingerprint density at radius 1 is 1.56 bits per heavy atom. The van der Waals surface area contributed by atoms with Gasteiger partial charge in [0, 0.05) is 13.6 Å². The van der Waals surface area contributed by atoms with E-state index in [1.807, 2.05) is 27.9 Å². The van der Waals surface area contributed by atoms with Gasteiger partial charge >= 0.3 is 0 Å². The predicted molar refractivity (Wildman–Crippen MR) is 65.8 cm³/mol. The molecular weight excluding hydrogens is 226 g/mol. The van der Waals surface area contributed by atoms with Crippen LogP contribution in [-0.2, 0) is 24.8 Å². The zero-order chi connectivity index (χ0) is 12.1. The average molecular weight is 246 g/mol. The SMILES string of the molecule is CCc1nn(C)c(COC(C)CNC)c1Cl. The van der Waals surface area contributed by atoms with E-state index >= 15 is 0 Å². The minimum Gasteiger partial charge on any atom is -0.371 e. The number of ether oxygens (including phenoxy) is 1. The van der Waals surface area contributed by atoms with Crippen molar-refractivity contribution in [3.8, 4) is 0 Å². The Morgan fingerprint density at radius 2 is 2.25 bits per heavy atom. The third kappa shape index (κ3) is 3.20. The summed E-state index contributed by atoms with van der Waals surface area (Å²) in [5.74, 6) is 0. The Balaban J connectivity index is 2.63. The molecule has 1 heterocycles. The molecule has 0 aromatic carbocycles. The summed E-state index contributed by atoms with van der Waals surface area (Å²) in [5.41, 5.74) is 1.88. The number of hydrogen-bond acceptors (Lipinski definition) is 3. The van der Waals surface area contributed by atoms with Crippen LogP contribution in [-0.4, -0.2) is 29.5 Å². The van der Waals surface area contributed by atoms with E-state index in [1.54, 1.807) is 4.68 Å². The topological polar surface area (TPSA) is 39.1 Å². The summed E-state index contributed by atoms with van der Waals surface area (Å²) in [6.45, 7) is 5.41. The highest BCUT2D eigenvalue weighted by molar-refractivity contribution is 6.31. The van der Waals surface area contributed by atoms with E-state index in [-0.39, 0.29) is 6.10 Å². The number of nitrogens with one attached hydrogen (secondary N) is 1. The van der Waals surface area contributed by atoms with E-state index in [2.05, 4.69) is 10.4 Å². The smallest absolute Gasteiger partial charge is 0.0904 e. The van der Waals surface area contributed by atoms with Gasteiger partial charge in [0.25, 0.3) is 0 Å². The third-order valence-electron chi connectivity index (χ3n) is 2.50. The van der Waals surface area contributed by atoms with E-state index < -0.39 is 0 Å². The summed E-state index contributed by atoms with van der Waals surface area (Å²) in [6.07, 6.45) is 1.01. The molecular formula is C11H20ClN3O. The third-order valence-corrected chi connectivity index (χ3v) is 2.94. The summed E-state index contributed by atoms with van der Waals surface area (Å²) in [4.78, 5) is 0. The molecule has 0 saturated carbocycles. The second kappa shape index (κ2) is 6.23. The summed E-state index contributed by atoms with van der Waals surface area (Å²) in [6, 6.07) is 0. The second-order valence-corrected chi connectivity index (χ2v) is 4.24. The van der Waals surface area contributed by atoms with Gasteiger partial charge in [-0.2, -0.15) is 5.10 Å². The number of halogens is 1. The molecule has 0 aliphatic heterocycles. The molecule has 0 radical (unpaired) electrons. The molecule has 0 spiro atoms. The van der Waals surface area contributed by atoms with Crippen LogP contribution in [0.3, 0.4) is 0 Å². The molecule has 5 heteroatoms. The lowest BCUT2D eigenvalue weighted by Gasteiger charge is -2.12. The first-order chi connectivity index (χ1) is 7.60. The number of hydrogen-bond donors (Lipinski definition) is 1. The second-order valence-electron chi connectivity index (χ2n) is 3.86. The van der Waals surface area contributed by atoms with Gasteiger partial charge in [0.1, 0.15) is 0 Å². The Labute approximate surface area is 102 Å². The molecule has 16 heavy (non-hydrogen) atoms. The lowest BCUT2D eigenvalue weighted by molar-refractivity contribution is 0.0508. The maximum Gasteiger partial charge on any atom is 0.0904 e. The molecule has 1 rings (SSSR count). The molecule has 0 amide bonds. The van der Waals surface area contributed by atoms with Crippen molar-refractivity contribution in [2.45, 2.75) is 33.0 Å². The predicted octanol–water partition coefficient (Wildman–Crippen LogP) is 1.76. The molecule has 4 nitrogen and oxygen atoms in total. The Bertz CT molecular complexity index is 338. The summed E-state index contributed by atoms with van der Waals surface area (Å²) in [7, 11) is 3.80. The summed E-state index contributed by atoms with van der Waals surface area (Å²) >= 11 is 6.21. The normalized spacial score (nSPS) is 13.1. The van der Waals surface area contributed by atoms with Crippen LogP contribution in [0.4, 0.5) is 0 Å². The van der Waals surface area contributed by atoms with Crippen LogP contribution in [0, 0.1) is 0 Å². The number of likely N-dealkylation sites (N-methyl/N-ethyl adjacent to an activating group) is 1. The van der Waals surface area contributed by atoms with E-state index in [0.717, 1.165) is 29.4 Å². The van der Waals surface area contributed by atoms with Gasteiger partial charge in [0.05, 0.1) is 29.1 Å². The fraction of sp³-hybridized carbons (Fsp3) is 0.727. The fourth-order valence-corrected chi connectivity index (χ4v) is 1.89. The molecule has 1 N–H and O–H groups in total. The number of aromatic nitrogens is 2. The minimum absolute atomic E-state index is 0.168. The quantitative estimate of drug-likeness (QED) is 0.830. The van der Waals surface area contributed by atoms with Gasteiger partial charge in [-0.25, -0.2) is 0 Å². The van der Waals surface area contributed by atoms with Crippen LogP contribution in [0.2, 0.25) is 5.02 Å². The Hall–Kier alpha value is -0.580. The van der Waals surface area contributed by atoms with Gasteiger partial charge in [0.2, 0.25) is 0 Å². The van der Waals surface area contributed by atoms with Crippen molar-refractivity contribution in [2.24, 2.45) is 7.05 Å². The van der Waals surface area contributed by atoms with Crippen LogP contribution in [0.5, 0.6) is 0 Å². The molecule has 0 aliphatic carbocycles. The first-order valence-corrected chi connectivity index (χ1v) is 5.94. The van der Waals surface area contributed by atoms with Gasteiger partial charge in [-0.1, -0.05) is 18.5 Å². The van der Waals surface area contributed by atoms with Crippen molar-refractivity contribution in [3.05, 3.63) is 16.4 Å². The van der Waals surface area contributed by atoms with Crippen LogP contribution in [0.15, 0.2) is 0 Å². The molecule has 92 valence electrons. The van der Waals surface area contributed by atoms with Crippen molar-refractivity contribution in [1.29, 1.82) is 0 Å². The van der Waals surface area contributed by atoms with E-state index in [9.17, 15) is 0 Å². The molecule has 0 saturated heterocycles. The maximum absolute atomic E-state index is 6.21. The molecule has 1 unspecified atom stereocenters. The van der Waals surface area contributed by atoms with E-state index in [1.165, 1.54) is 0 Å². The lowest BCUT2D eigenvalue weighted by atomic mass is 10.3. The van der Waals surface area contributed by atoms with Crippen molar-refractivity contribution in [1.82, 2.24) is 15.1 Å². The van der Waals surface area contributed by atoms with Gasteiger partial charge < -0.3 is 10.1 Å². The average Bonchev–Trinajstić information content (AvgIpc) is 2.52. The first-order valence-electron chi connectivity index (χ1n) is 5.56. The zero-order valence-electron chi connectivity index (χ0n) is 10.4. The van der Waals surface area contributed by atoms with Gasteiger partial charge in [-0.15, -0.1) is 0 Å². The highest BCUT2D eigenvalue weighted by Crippen LogP contribution is 2.21. The van der Waals surface area contributed by atoms with Crippen molar-refractivity contribution < 1.29 is 4.74 Å². The monoisotopic (exact) mass is 245 g/mol. The minimum atomic E-state index is 0.168. The molecule has 0 bridgehead atoms. The highest BCUT2D eigenvalue weighted by atomic mass is 35.5. The standard InChI is InChI=1S/C11H20ClN3O/c1-5-9-11(12)10(15(4)14-9)7-16-8(2)6-13-3/h8,13H,5-7H2,1-4H3. The molecule has 1 aromatic heterocycles. The van der Waals surface area contributed by atoms with Gasteiger partial charge in [-0.3, -0.25) is 4.68 Å². The van der Waals surface area contributed by atoms with E-state index in [0.29, 0.717) is 6.61 Å². The molecule has 1 aromatic rings. The summed E-state index contributed by atoms with van der Waals surface area (Å²) < 4.78 is 7.48.